The van der Waals surface area contributed by atoms with Gasteiger partial charge in [-0.05, 0) is 87.3 Å². The monoisotopic (exact) mass is 686 g/mol. The van der Waals surface area contributed by atoms with Crippen LogP contribution in [-0.2, 0) is 13.1 Å². The van der Waals surface area contributed by atoms with E-state index in [-0.39, 0.29) is 12.4 Å². The van der Waals surface area contributed by atoms with E-state index in [9.17, 15) is 0 Å². The van der Waals surface area contributed by atoms with E-state index in [2.05, 4.69) is 33.4 Å². The molecule has 0 aliphatic heterocycles. The molecule has 258 valence electrons. The number of methoxy groups -OCH3 is 4. The minimum absolute atomic E-state index is 0. The number of hydrogen-bond donors (Lipinski definition) is 4. The van der Waals surface area contributed by atoms with Crippen LogP contribution >= 0.6 is 34.0 Å². The molecule has 2 rings (SSSR count). The Morgan fingerprint density at radius 1 is 0.444 bits per heavy atom. The van der Waals surface area contributed by atoms with E-state index >= 15 is 0 Å². The Kier molecular flexibility index (Phi) is 26.4. The molecule has 0 radical (unpaired) electrons. The van der Waals surface area contributed by atoms with Crippen molar-refractivity contribution in [3.05, 3.63) is 47.5 Å². The van der Waals surface area contributed by atoms with Gasteiger partial charge in [0.05, 0.1) is 28.4 Å². The molecule has 0 amide bonds. The third-order valence-corrected chi connectivity index (χ3v) is 9.68. The quantitative estimate of drug-likeness (QED) is 0.0548. The van der Waals surface area contributed by atoms with E-state index in [1.807, 2.05) is 45.9 Å². The molecule has 2 aromatic carbocycles. The molecule has 4 N–H and O–H groups in total. The van der Waals surface area contributed by atoms with Crippen LogP contribution in [0, 0.1) is 0 Å². The first-order chi connectivity index (χ1) is 21.7. The van der Waals surface area contributed by atoms with Crippen LogP contribution in [0.3, 0.4) is 0 Å². The maximum atomic E-state index is 5.38. The predicted molar refractivity (Wildman–Crippen MR) is 197 cm³/mol. The predicted octanol–water partition coefficient (Wildman–Crippen LogP) is 6.70. The van der Waals surface area contributed by atoms with Crippen LogP contribution in [-0.4, -0.2) is 79.2 Å². The molecule has 0 aliphatic carbocycles. The van der Waals surface area contributed by atoms with Gasteiger partial charge in [0.1, 0.15) is 0 Å². The normalized spacial score (nSPS) is 10.8. The Hall–Kier alpha value is -1.53. The molecule has 0 atom stereocenters. The summed E-state index contributed by atoms with van der Waals surface area (Å²) in [5.74, 6) is 5.47. The third-order valence-electron chi connectivity index (χ3n) is 7.28. The molecule has 0 bridgehead atoms. The van der Waals surface area contributed by atoms with Gasteiger partial charge in [-0.15, -0.1) is 12.4 Å². The Morgan fingerprint density at radius 3 is 1.16 bits per heavy atom. The molecule has 11 heteroatoms. The van der Waals surface area contributed by atoms with Crippen molar-refractivity contribution < 1.29 is 18.9 Å². The highest BCUT2D eigenvalue weighted by atomic mass is 35.5. The largest absolute Gasteiger partial charge is 0.493 e. The van der Waals surface area contributed by atoms with Crippen LogP contribution in [0.25, 0.3) is 0 Å². The van der Waals surface area contributed by atoms with E-state index in [1.165, 1.54) is 74.0 Å². The van der Waals surface area contributed by atoms with Crippen molar-refractivity contribution in [3.8, 4) is 23.0 Å². The molecule has 0 aromatic heterocycles. The van der Waals surface area contributed by atoms with E-state index in [1.54, 1.807) is 28.4 Å². The lowest BCUT2D eigenvalue weighted by Gasteiger charge is -2.10. The van der Waals surface area contributed by atoms with Gasteiger partial charge in [-0.1, -0.05) is 59.4 Å². The van der Waals surface area contributed by atoms with Crippen molar-refractivity contribution in [1.29, 1.82) is 0 Å². The van der Waals surface area contributed by atoms with Crippen LogP contribution in [0.4, 0.5) is 0 Å². The summed E-state index contributed by atoms with van der Waals surface area (Å²) in [4.78, 5) is 0. The fourth-order valence-corrected chi connectivity index (χ4v) is 6.65. The number of nitrogens with one attached hydrogen (secondary N) is 4. The summed E-state index contributed by atoms with van der Waals surface area (Å²) < 4.78 is 21.4. The van der Waals surface area contributed by atoms with Crippen molar-refractivity contribution in [1.82, 2.24) is 21.3 Å². The molecule has 0 fully saturated rings. The molecule has 0 saturated carbocycles. The summed E-state index contributed by atoms with van der Waals surface area (Å²) in [6.45, 7) is 8.26. The highest BCUT2D eigenvalue weighted by molar-refractivity contribution is 8.76. The van der Waals surface area contributed by atoms with E-state index in [4.69, 9.17) is 18.9 Å². The second kappa shape index (κ2) is 28.7. The number of halogens is 1. The van der Waals surface area contributed by atoms with Gasteiger partial charge in [-0.25, -0.2) is 0 Å². The number of hydrogen-bond acceptors (Lipinski definition) is 10. The van der Waals surface area contributed by atoms with E-state index in [0.717, 1.165) is 75.4 Å². The first-order valence-electron chi connectivity index (χ1n) is 16.2. The first kappa shape index (κ1) is 41.5. The number of unbranched alkanes of at least 4 members (excludes halogenated alkanes) is 6. The van der Waals surface area contributed by atoms with Crippen LogP contribution in [0.5, 0.6) is 23.0 Å². The molecule has 0 unspecified atom stereocenters. The van der Waals surface area contributed by atoms with Gasteiger partial charge in [-0.2, -0.15) is 0 Å². The van der Waals surface area contributed by atoms with Crippen molar-refractivity contribution in [2.75, 3.05) is 79.2 Å². The Labute approximate surface area is 287 Å². The van der Waals surface area contributed by atoms with E-state index < -0.39 is 0 Å². The van der Waals surface area contributed by atoms with Gasteiger partial charge in [0, 0.05) is 37.7 Å². The summed E-state index contributed by atoms with van der Waals surface area (Å²) in [5, 5.41) is 14.2. The zero-order chi connectivity index (χ0) is 31.5. The average Bonchev–Trinajstić information content (AvgIpc) is 3.06. The van der Waals surface area contributed by atoms with Crippen LogP contribution in [0.2, 0.25) is 0 Å². The summed E-state index contributed by atoms with van der Waals surface area (Å²) in [6.07, 6.45) is 10.1. The second-order valence-electron chi connectivity index (χ2n) is 10.7. The molecule has 45 heavy (non-hydrogen) atoms. The molecule has 2 aromatic rings. The smallest absolute Gasteiger partial charge is 0.161 e. The van der Waals surface area contributed by atoms with Gasteiger partial charge in [0.15, 0.2) is 23.0 Å². The van der Waals surface area contributed by atoms with Crippen molar-refractivity contribution in [2.45, 2.75) is 64.5 Å². The van der Waals surface area contributed by atoms with Crippen LogP contribution < -0.4 is 40.2 Å². The van der Waals surface area contributed by atoms with Gasteiger partial charge in [-0.3, -0.25) is 0 Å². The molecule has 0 spiro atoms. The zero-order valence-electron chi connectivity index (χ0n) is 28.0. The van der Waals surface area contributed by atoms with Crippen LogP contribution in [0.15, 0.2) is 36.4 Å². The highest BCUT2D eigenvalue weighted by Crippen LogP contribution is 2.28. The average molecular weight is 687 g/mol. The Morgan fingerprint density at radius 2 is 0.800 bits per heavy atom. The lowest BCUT2D eigenvalue weighted by molar-refractivity contribution is 0.354. The van der Waals surface area contributed by atoms with E-state index in [0.29, 0.717) is 0 Å². The van der Waals surface area contributed by atoms with Crippen molar-refractivity contribution >= 4 is 34.0 Å². The number of ether oxygens (including phenoxy) is 4. The van der Waals surface area contributed by atoms with Gasteiger partial charge >= 0.3 is 0 Å². The Bertz CT molecular complexity index is 916. The molecule has 0 aliphatic rings. The first-order valence-corrected chi connectivity index (χ1v) is 18.7. The minimum atomic E-state index is 0. The summed E-state index contributed by atoms with van der Waals surface area (Å²) >= 11 is 0. The highest BCUT2D eigenvalue weighted by Gasteiger charge is 2.05. The van der Waals surface area contributed by atoms with Gasteiger partial charge < -0.3 is 40.2 Å². The molecular weight excluding hydrogens is 628 g/mol. The van der Waals surface area contributed by atoms with Gasteiger partial charge in [0.25, 0.3) is 0 Å². The SMILES string of the molecule is COc1ccc(CNCCCCCCNCCSSCCNCCCCCCNCc2ccc(OC)c(OC)c2)cc1OC.Cl. The molecule has 8 nitrogen and oxygen atoms in total. The summed E-state index contributed by atoms with van der Waals surface area (Å²) in [6, 6.07) is 12.2. The minimum Gasteiger partial charge on any atom is -0.493 e. The fraction of sp³-hybridized carbons (Fsp3) is 0.647. The van der Waals surface area contributed by atoms with Gasteiger partial charge in [0.2, 0.25) is 0 Å². The van der Waals surface area contributed by atoms with Crippen LogP contribution in [0.1, 0.15) is 62.5 Å². The third kappa shape index (κ3) is 19.7. The fourth-order valence-electron chi connectivity index (χ4n) is 4.75. The maximum absolute atomic E-state index is 5.38. The standard InChI is InChI=1S/C34H58N4O4S2.ClH/c1-39-31-15-13-29(25-33(31)41-3)27-37-19-11-7-5-9-17-35-21-23-43-44-24-22-36-18-10-6-8-12-20-38-28-30-14-16-32(40-2)34(26-30)42-4;/h13-16,25-26,35-38H,5-12,17-24,27-28H2,1-4H3;1H. The number of benzene rings is 2. The van der Waals surface area contributed by atoms with Crippen molar-refractivity contribution in [3.63, 3.8) is 0 Å². The topological polar surface area (TPSA) is 85.0 Å². The molecule has 0 saturated heterocycles. The summed E-state index contributed by atoms with van der Waals surface area (Å²) in [7, 11) is 10.7. The lowest BCUT2D eigenvalue weighted by Crippen LogP contribution is -2.19. The second-order valence-corrected chi connectivity index (χ2v) is 13.4. The molecular formula is C34H59ClN4O4S2. The summed E-state index contributed by atoms with van der Waals surface area (Å²) in [5.41, 5.74) is 2.43. The van der Waals surface area contributed by atoms with Crippen molar-refractivity contribution in [2.24, 2.45) is 0 Å². The lowest BCUT2D eigenvalue weighted by atomic mass is 10.1. The number of rotatable bonds is 29. The molecule has 0 heterocycles. The Balaban J connectivity index is 0.0000101. The zero-order valence-corrected chi connectivity index (χ0v) is 30.5. The maximum Gasteiger partial charge on any atom is 0.161 e.